The molecule has 3 aromatic rings. The van der Waals surface area contributed by atoms with E-state index in [4.69, 9.17) is 5.10 Å². The molecule has 0 N–H and O–H groups in total. The van der Waals surface area contributed by atoms with Crippen molar-refractivity contribution < 1.29 is 4.79 Å². The highest BCUT2D eigenvalue weighted by Crippen LogP contribution is 2.28. The van der Waals surface area contributed by atoms with Crippen LogP contribution in [0.2, 0.25) is 0 Å². The van der Waals surface area contributed by atoms with Gasteiger partial charge in [0.15, 0.2) is 0 Å². The standard InChI is InChI=1S/C21H22N4O/c1-23(2)21(26)17-9-6-10-19(11-17)24-13-18-14-25(22-20(18)15-24)12-16-7-4-3-5-8-16/h3-11,14H,12-13,15H2,1-2H3. The number of fused-ring (bicyclic) bond motifs is 1. The van der Waals surface area contributed by atoms with Gasteiger partial charge in [-0.2, -0.15) is 5.10 Å². The highest BCUT2D eigenvalue weighted by molar-refractivity contribution is 5.94. The largest absolute Gasteiger partial charge is 0.361 e. The smallest absolute Gasteiger partial charge is 0.253 e. The zero-order valence-corrected chi connectivity index (χ0v) is 15.1. The summed E-state index contributed by atoms with van der Waals surface area (Å²) in [5.74, 6) is 0.0248. The molecule has 0 saturated heterocycles. The van der Waals surface area contributed by atoms with E-state index in [1.165, 1.54) is 11.1 Å². The Balaban J connectivity index is 1.49. The average Bonchev–Trinajstić information content (AvgIpc) is 3.20. The lowest BCUT2D eigenvalue weighted by Crippen LogP contribution is -2.22. The Kier molecular flexibility index (Phi) is 4.21. The predicted octanol–water partition coefficient (Wildman–Crippen LogP) is 3.15. The first-order valence-electron chi connectivity index (χ1n) is 8.76. The molecule has 4 rings (SSSR count). The van der Waals surface area contributed by atoms with E-state index in [0.717, 1.165) is 31.0 Å². The number of carbonyl (C=O) groups is 1. The van der Waals surface area contributed by atoms with Gasteiger partial charge in [-0.15, -0.1) is 0 Å². The Morgan fingerprint density at radius 2 is 1.88 bits per heavy atom. The predicted molar refractivity (Wildman–Crippen MR) is 102 cm³/mol. The van der Waals surface area contributed by atoms with Crippen molar-refractivity contribution in [3.05, 3.63) is 83.2 Å². The van der Waals surface area contributed by atoms with Crippen LogP contribution >= 0.6 is 0 Å². The van der Waals surface area contributed by atoms with E-state index in [0.29, 0.717) is 5.56 Å². The number of hydrogen-bond donors (Lipinski definition) is 0. The van der Waals surface area contributed by atoms with Gasteiger partial charge in [0.25, 0.3) is 5.91 Å². The Morgan fingerprint density at radius 1 is 1.08 bits per heavy atom. The molecule has 1 amide bonds. The van der Waals surface area contributed by atoms with Crippen molar-refractivity contribution in [2.75, 3.05) is 19.0 Å². The SMILES string of the molecule is CN(C)C(=O)c1cccc(N2Cc3cn(Cc4ccccc4)nc3C2)c1. The van der Waals surface area contributed by atoms with E-state index >= 15 is 0 Å². The molecular weight excluding hydrogens is 324 g/mol. The van der Waals surface area contributed by atoms with Crippen molar-refractivity contribution in [1.82, 2.24) is 14.7 Å². The van der Waals surface area contributed by atoms with Crippen LogP contribution in [-0.2, 0) is 19.6 Å². The van der Waals surface area contributed by atoms with Gasteiger partial charge >= 0.3 is 0 Å². The van der Waals surface area contributed by atoms with Gasteiger partial charge in [-0.3, -0.25) is 9.48 Å². The van der Waals surface area contributed by atoms with Gasteiger partial charge in [0.2, 0.25) is 0 Å². The third-order valence-corrected chi connectivity index (χ3v) is 4.68. The fourth-order valence-corrected chi connectivity index (χ4v) is 3.34. The molecule has 1 aromatic heterocycles. The van der Waals surface area contributed by atoms with Crippen LogP contribution < -0.4 is 4.90 Å². The van der Waals surface area contributed by atoms with Crippen molar-refractivity contribution in [3.63, 3.8) is 0 Å². The molecule has 0 fully saturated rings. The molecule has 5 heteroatoms. The quantitative estimate of drug-likeness (QED) is 0.729. The van der Waals surface area contributed by atoms with Crippen LogP contribution in [0.1, 0.15) is 27.2 Å². The lowest BCUT2D eigenvalue weighted by molar-refractivity contribution is 0.0827. The topological polar surface area (TPSA) is 41.4 Å². The summed E-state index contributed by atoms with van der Waals surface area (Å²) >= 11 is 0. The molecule has 0 spiro atoms. The zero-order valence-electron chi connectivity index (χ0n) is 15.1. The van der Waals surface area contributed by atoms with Crippen LogP contribution in [0.4, 0.5) is 5.69 Å². The van der Waals surface area contributed by atoms with E-state index in [2.05, 4.69) is 41.4 Å². The van der Waals surface area contributed by atoms with Crippen LogP contribution in [0.3, 0.4) is 0 Å². The number of aromatic nitrogens is 2. The Morgan fingerprint density at radius 3 is 2.62 bits per heavy atom. The lowest BCUT2D eigenvalue weighted by Gasteiger charge is -2.19. The minimum absolute atomic E-state index is 0.0248. The third-order valence-electron chi connectivity index (χ3n) is 4.68. The molecule has 0 aliphatic carbocycles. The minimum atomic E-state index is 0.0248. The summed E-state index contributed by atoms with van der Waals surface area (Å²) in [6.07, 6.45) is 2.14. The molecule has 2 heterocycles. The van der Waals surface area contributed by atoms with Crippen molar-refractivity contribution in [3.8, 4) is 0 Å². The van der Waals surface area contributed by atoms with E-state index in [-0.39, 0.29) is 5.91 Å². The summed E-state index contributed by atoms with van der Waals surface area (Å²) in [6.45, 7) is 2.39. The molecule has 0 atom stereocenters. The van der Waals surface area contributed by atoms with E-state index in [1.54, 1.807) is 19.0 Å². The molecule has 0 unspecified atom stereocenters. The fraction of sp³-hybridized carbons (Fsp3) is 0.238. The number of rotatable bonds is 4. The van der Waals surface area contributed by atoms with Crippen LogP contribution in [-0.4, -0.2) is 34.7 Å². The van der Waals surface area contributed by atoms with E-state index < -0.39 is 0 Å². The average molecular weight is 346 g/mol. The number of carbonyl (C=O) groups excluding carboxylic acids is 1. The Hall–Kier alpha value is -3.08. The van der Waals surface area contributed by atoms with Gasteiger partial charge in [-0.25, -0.2) is 0 Å². The molecule has 1 aliphatic rings. The molecule has 5 nitrogen and oxygen atoms in total. The molecular formula is C21H22N4O. The first-order chi connectivity index (χ1) is 12.6. The number of nitrogens with zero attached hydrogens (tertiary/aromatic N) is 4. The molecule has 1 aliphatic heterocycles. The molecule has 26 heavy (non-hydrogen) atoms. The van der Waals surface area contributed by atoms with Crippen molar-refractivity contribution >= 4 is 11.6 Å². The highest BCUT2D eigenvalue weighted by atomic mass is 16.2. The number of anilines is 1. The third kappa shape index (κ3) is 3.20. The molecule has 0 radical (unpaired) electrons. The first-order valence-corrected chi connectivity index (χ1v) is 8.76. The van der Waals surface area contributed by atoms with Gasteiger partial charge < -0.3 is 9.80 Å². The zero-order chi connectivity index (χ0) is 18.1. The second kappa shape index (κ2) is 6.67. The van der Waals surface area contributed by atoms with Gasteiger partial charge in [0.1, 0.15) is 0 Å². The molecule has 0 bridgehead atoms. The van der Waals surface area contributed by atoms with Crippen molar-refractivity contribution in [2.24, 2.45) is 0 Å². The van der Waals surface area contributed by atoms with Crippen molar-refractivity contribution in [1.29, 1.82) is 0 Å². The maximum Gasteiger partial charge on any atom is 0.253 e. The minimum Gasteiger partial charge on any atom is -0.361 e. The van der Waals surface area contributed by atoms with Crippen molar-refractivity contribution in [2.45, 2.75) is 19.6 Å². The number of benzene rings is 2. The van der Waals surface area contributed by atoms with Gasteiger partial charge in [-0.05, 0) is 23.8 Å². The maximum atomic E-state index is 12.2. The monoisotopic (exact) mass is 346 g/mol. The summed E-state index contributed by atoms with van der Waals surface area (Å²) < 4.78 is 2.02. The highest BCUT2D eigenvalue weighted by Gasteiger charge is 2.23. The fourth-order valence-electron chi connectivity index (χ4n) is 3.34. The second-order valence-electron chi connectivity index (χ2n) is 6.89. The Bertz CT molecular complexity index is 907. The lowest BCUT2D eigenvalue weighted by atomic mass is 10.1. The van der Waals surface area contributed by atoms with Gasteiger partial charge in [-0.1, -0.05) is 36.4 Å². The van der Waals surface area contributed by atoms with E-state index in [9.17, 15) is 4.79 Å². The number of amides is 1. The summed E-state index contributed by atoms with van der Waals surface area (Å²) in [6, 6.07) is 18.2. The molecule has 2 aromatic carbocycles. The summed E-state index contributed by atoms with van der Waals surface area (Å²) in [7, 11) is 3.55. The summed E-state index contributed by atoms with van der Waals surface area (Å²) in [5.41, 5.74) is 5.40. The summed E-state index contributed by atoms with van der Waals surface area (Å²) in [4.78, 5) is 16.1. The van der Waals surface area contributed by atoms with Gasteiger partial charge in [0, 0.05) is 43.7 Å². The van der Waals surface area contributed by atoms with Gasteiger partial charge in [0.05, 0.1) is 18.8 Å². The molecule has 132 valence electrons. The normalized spacial score (nSPS) is 12.9. The molecule has 0 saturated carbocycles. The van der Waals surface area contributed by atoms with E-state index in [1.807, 2.05) is 28.9 Å². The second-order valence-corrected chi connectivity index (χ2v) is 6.89. The van der Waals surface area contributed by atoms with Crippen LogP contribution in [0.5, 0.6) is 0 Å². The maximum absolute atomic E-state index is 12.2. The van der Waals surface area contributed by atoms with Crippen LogP contribution in [0.15, 0.2) is 60.8 Å². The summed E-state index contributed by atoms with van der Waals surface area (Å²) in [5, 5.41) is 4.75. The Labute approximate surface area is 153 Å². The van der Waals surface area contributed by atoms with Crippen LogP contribution in [0.25, 0.3) is 0 Å². The van der Waals surface area contributed by atoms with Crippen LogP contribution in [0, 0.1) is 0 Å². The first kappa shape index (κ1) is 16.4. The number of hydrogen-bond acceptors (Lipinski definition) is 3.